The number of hydrogen-bond acceptors (Lipinski definition) is 3. The second-order valence-electron chi connectivity index (χ2n) is 6.59. The summed E-state index contributed by atoms with van der Waals surface area (Å²) in [6.07, 6.45) is 0. The summed E-state index contributed by atoms with van der Waals surface area (Å²) in [6.45, 7) is 6.76. The summed E-state index contributed by atoms with van der Waals surface area (Å²) in [7, 11) is 0. The smallest absolute Gasteiger partial charge is 0.278 e. The number of aryl methyl sites for hydroxylation is 2. The van der Waals surface area contributed by atoms with Gasteiger partial charge in [0.15, 0.2) is 0 Å². The van der Waals surface area contributed by atoms with Crippen LogP contribution < -0.4 is 10.5 Å². The van der Waals surface area contributed by atoms with Gasteiger partial charge in [0.25, 0.3) is 11.5 Å². The molecule has 0 aliphatic rings. The maximum atomic E-state index is 13.0. The molecule has 138 valence electrons. The average molecular weight is 361 g/mol. The van der Waals surface area contributed by atoms with Gasteiger partial charge in [-0.15, -0.1) is 0 Å². The lowest BCUT2D eigenvalue weighted by Crippen LogP contribution is -2.34. The highest BCUT2D eigenvalue weighted by molar-refractivity contribution is 6.04. The van der Waals surface area contributed by atoms with Crippen LogP contribution in [0.2, 0.25) is 0 Å². The molecule has 5 heteroatoms. The molecule has 0 saturated carbocycles. The van der Waals surface area contributed by atoms with Gasteiger partial charge in [-0.2, -0.15) is 5.10 Å². The predicted octanol–water partition coefficient (Wildman–Crippen LogP) is 3.58. The average Bonchev–Trinajstić information content (AvgIpc) is 2.66. The van der Waals surface area contributed by atoms with Crippen molar-refractivity contribution in [1.82, 2.24) is 9.78 Å². The molecule has 0 spiro atoms. The Bertz CT molecular complexity index is 1010. The fourth-order valence-corrected chi connectivity index (χ4v) is 2.92. The van der Waals surface area contributed by atoms with Crippen molar-refractivity contribution in [1.29, 1.82) is 0 Å². The number of benzene rings is 2. The van der Waals surface area contributed by atoms with Crippen molar-refractivity contribution in [3.63, 3.8) is 0 Å². The highest BCUT2D eigenvalue weighted by Gasteiger charge is 2.18. The van der Waals surface area contributed by atoms with Crippen LogP contribution in [0.1, 0.15) is 34.1 Å². The summed E-state index contributed by atoms with van der Waals surface area (Å²) in [6, 6.07) is 18.6. The van der Waals surface area contributed by atoms with Gasteiger partial charge in [-0.25, -0.2) is 4.68 Å². The fraction of sp³-hybridized carbons (Fsp3) is 0.227. The Morgan fingerprint density at radius 1 is 1.00 bits per heavy atom. The SMILES string of the molecule is CCN(C(=O)c1ccc(=O)n(Cc2ccc(C)cc2)n1)c1cccc(C)c1. The number of amides is 1. The van der Waals surface area contributed by atoms with Crippen molar-refractivity contribution < 1.29 is 4.79 Å². The van der Waals surface area contributed by atoms with Crippen molar-refractivity contribution >= 4 is 11.6 Å². The van der Waals surface area contributed by atoms with E-state index in [4.69, 9.17) is 0 Å². The molecule has 0 N–H and O–H groups in total. The Morgan fingerprint density at radius 3 is 2.41 bits per heavy atom. The van der Waals surface area contributed by atoms with Crippen molar-refractivity contribution in [2.24, 2.45) is 0 Å². The Kier molecular flexibility index (Phi) is 5.50. The first-order valence-electron chi connectivity index (χ1n) is 9.00. The van der Waals surface area contributed by atoms with Gasteiger partial charge in [0.05, 0.1) is 6.54 Å². The van der Waals surface area contributed by atoms with Crippen LogP contribution in [0.25, 0.3) is 0 Å². The van der Waals surface area contributed by atoms with E-state index in [2.05, 4.69) is 5.10 Å². The van der Waals surface area contributed by atoms with Gasteiger partial charge in [0, 0.05) is 18.3 Å². The van der Waals surface area contributed by atoms with Crippen molar-refractivity contribution in [3.05, 3.63) is 93.4 Å². The lowest BCUT2D eigenvalue weighted by atomic mass is 10.1. The van der Waals surface area contributed by atoms with E-state index in [0.29, 0.717) is 13.1 Å². The zero-order valence-electron chi connectivity index (χ0n) is 15.8. The van der Waals surface area contributed by atoms with Crippen LogP contribution in [0.5, 0.6) is 0 Å². The second kappa shape index (κ2) is 7.99. The third-order valence-corrected chi connectivity index (χ3v) is 4.41. The van der Waals surface area contributed by atoms with E-state index in [0.717, 1.165) is 22.4 Å². The molecule has 0 bridgehead atoms. The zero-order valence-corrected chi connectivity index (χ0v) is 15.8. The molecular weight excluding hydrogens is 338 g/mol. The third-order valence-electron chi connectivity index (χ3n) is 4.41. The van der Waals surface area contributed by atoms with Gasteiger partial charge < -0.3 is 4.90 Å². The highest BCUT2D eigenvalue weighted by atomic mass is 16.2. The molecular formula is C22H23N3O2. The molecule has 1 amide bonds. The first-order chi connectivity index (χ1) is 13.0. The normalized spacial score (nSPS) is 10.6. The minimum absolute atomic E-state index is 0.222. The number of carbonyl (C=O) groups excluding carboxylic acids is 1. The lowest BCUT2D eigenvalue weighted by Gasteiger charge is -2.21. The van der Waals surface area contributed by atoms with E-state index in [1.54, 1.807) is 4.90 Å². The number of nitrogens with zero attached hydrogens (tertiary/aromatic N) is 3. The summed E-state index contributed by atoms with van der Waals surface area (Å²) in [5, 5.41) is 4.32. The lowest BCUT2D eigenvalue weighted by molar-refractivity contribution is 0.0981. The number of aromatic nitrogens is 2. The van der Waals surface area contributed by atoms with E-state index >= 15 is 0 Å². The molecule has 0 aliphatic heterocycles. The summed E-state index contributed by atoms with van der Waals surface area (Å²) in [4.78, 5) is 26.9. The molecule has 0 saturated heterocycles. The molecule has 0 unspecified atom stereocenters. The Morgan fingerprint density at radius 2 is 1.74 bits per heavy atom. The topological polar surface area (TPSA) is 55.2 Å². The predicted molar refractivity (Wildman–Crippen MR) is 107 cm³/mol. The van der Waals surface area contributed by atoms with E-state index in [9.17, 15) is 9.59 Å². The molecule has 5 nitrogen and oxygen atoms in total. The molecule has 0 aliphatic carbocycles. The summed E-state index contributed by atoms with van der Waals surface area (Å²) < 4.78 is 1.34. The standard InChI is InChI=1S/C22H23N3O2/c1-4-24(19-7-5-6-17(3)14-19)22(27)20-12-13-21(26)25(23-20)15-18-10-8-16(2)9-11-18/h5-14H,4,15H2,1-3H3. The summed E-state index contributed by atoms with van der Waals surface area (Å²) >= 11 is 0. The number of hydrogen-bond donors (Lipinski definition) is 0. The zero-order chi connectivity index (χ0) is 19.4. The third kappa shape index (κ3) is 4.31. The molecule has 1 aromatic heterocycles. The number of carbonyl (C=O) groups is 1. The Labute approximate surface area is 158 Å². The minimum atomic E-state index is -0.231. The van der Waals surface area contributed by atoms with Crippen LogP contribution in [-0.2, 0) is 6.54 Å². The van der Waals surface area contributed by atoms with Gasteiger partial charge >= 0.3 is 0 Å². The molecule has 1 heterocycles. The van der Waals surface area contributed by atoms with Crippen LogP contribution >= 0.6 is 0 Å². The van der Waals surface area contributed by atoms with Crippen molar-refractivity contribution in [2.75, 3.05) is 11.4 Å². The van der Waals surface area contributed by atoms with Crippen LogP contribution in [0.3, 0.4) is 0 Å². The molecule has 2 aromatic carbocycles. The highest BCUT2D eigenvalue weighted by Crippen LogP contribution is 2.17. The van der Waals surface area contributed by atoms with Crippen LogP contribution in [-0.4, -0.2) is 22.2 Å². The van der Waals surface area contributed by atoms with E-state index in [1.807, 2.05) is 69.3 Å². The van der Waals surface area contributed by atoms with Gasteiger partial charge in [0.1, 0.15) is 5.69 Å². The second-order valence-corrected chi connectivity index (χ2v) is 6.59. The number of anilines is 1. The van der Waals surface area contributed by atoms with Gasteiger partial charge in [0.2, 0.25) is 0 Å². The number of rotatable bonds is 5. The maximum absolute atomic E-state index is 13.0. The molecule has 27 heavy (non-hydrogen) atoms. The van der Waals surface area contributed by atoms with Crippen LogP contribution in [0.15, 0.2) is 65.5 Å². The van der Waals surface area contributed by atoms with Gasteiger partial charge in [-0.1, -0.05) is 42.0 Å². The molecule has 0 fully saturated rings. The summed E-state index contributed by atoms with van der Waals surface area (Å²) in [5.41, 5.74) is 4.04. The Balaban J connectivity index is 1.90. The molecule has 0 atom stereocenters. The fourth-order valence-electron chi connectivity index (χ4n) is 2.92. The summed E-state index contributed by atoms with van der Waals surface area (Å²) in [5.74, 6) is -0.222. The molecule has 0 radical (unpaired) electrons. The quantitative estimate of drug-likeness (QED) is 0.698. The van der Waals surface area contributed by atoms with E-state index in [1.165, 1.54) is 16.8 Å². The van der Waals surface area contributed by atoms with Crippen molar-refractivity contribution in [3.8, 4) is 0 Å². The van der Waals surface area contributed by atoms with Crippen LogP contribution in [0.4, 0.5) is 5.69 Å². The molecule has 3 aromatic rings. The monoisotopic (exact) mass is 361 g/mol. The maximum Gasteiger partial charge on any atom is 0.278 e. The van der Waals surface area contributed by atoms with E-state index in [-0.39, 0.29) is 17.2 Å². The largest absolute Gasteiger partial charge is 0.307 e. The van der Waals surface area contributed by atoms with Crippen LogP contribution in [0, 0.1) is 13.8 Å². The van der Waals surface area contributed by atoms with Gasteiger partial charge in [-0.3, -0.25) is 9.59 Å². The minimum Gasteiger partial charge on any atom is -0.307 e. The van der Waals surface area contributed by atoms with E-state index < -0.39 is 0 Å². The first-order valence-corrected chi connectivity index (χ1v) is 9.00. The van der Waals surface area contributed by atoms with Gasteiger partial charge in [-0.05, 0) is 50.1 Å². The Hall–Kier alpha value is -3.21. The van der Waals surface area contributed by atoms with Crippen molar-refractivity contribution in [2.45, 2.75) is 27.3 Å². The first kappa shape index (κ1) is 18.6. The molecule has 3 rings (SSSR count).